The molecule has 3 nitrogen and oxygen atoms in total. The first-order chi connectivity index (χ1) is 6.70. The van der Waals surface area contributed by atoms with E-state index in [0.717, 1.165) is 30.4 Å². The SMILES string of the molecule is C[N+]1(CC#CCN2CCCC2=O)CC1.[Cl-]. The summed E-state index contributed by atoms with van der Waals surface area (Å²) in [5.41, 5.74) is 0. The summed E-state index contributed by atoms with van der Waals surface area (Å²) in [5, 5.41) is 0. The smallest absolute Gasteiger partial charge is 0.223 e. The Morgan fingerprint density at radius 2 is 2.13 bits per heavy atom. The highest BCUT2D eigenvalue weighted by molar-refractivity contribution is 5.78. The average molecular weight is 229 g/mol. The second-order valence-corrected chi connectivity index (χ2v) is 4.50. The van der Waals surface area contributed by atoms with Crippen molar-refractivity contribution >= 4 is 5.91 Å². The van der Waals surface area contributed by atoms with Gasteiger partial charge in [-0.05, 0) is 12.3 Å². The molecule has 2 aliphatic heterocycles. The largest absolute Gasteiger partial charge is 1.00 e. The van der Waals surface area contributed by atoms with Crippen LogP contribution in [0.25, 0.3) is 0 Å². The highest BCUT2D eigenvalue weighted by Gasteiger charge is 2.35. The minimum absolute atomic E-state index is 0. The van der Waals surface area contributed by atoms with Crippen LogP contribution in [-0.2, 0) is 4.79 Å². The summed E-state index contributed by atoms with van der Waals surface area (Å²) in [4.78, 5) is 13.1. The fourth-order valence-electron chi connectivity index (χ4n) is 1.60. The van der Waals surface area contributed by atoms with Crippen molar-refractivity contribution in [3.8, 4) is 11.8 Å². The standard InChI is InChI=1S/C11H17N2O.ClH/c1-13(9-10-13)8-3-2-6-12-7-4-5-11(12)14;/h4-10H2,1H3;1H/q+1;/p-1. The molecule has 4 heteroatoms. The molecule has 0 aromatic rings. The Labute approximate surface area is 97.4 Å². The molecule has 0 unspecified atom stereocenters. The molecule has 0 atom stereocenters. The number of hydrogen-bond donors (Lipinski definition) is 0. The molecule has 0 N–H and O–H groups in total. The zero-order valence-electron chi connectivity index (χ0n) is 9.13. The van der Waals surface area contributed by atoms with Crippen LogP contribution in [0, 0.1) is 11.8 Å². The summed E-state index contributed by atoms with van der Waals surface area (Å²) in [6.07, 6.45) is 1.73. The predicted molar refractivity (Wildman–Crippen MR) is 54.4 cm³/mol. The lowest BCUT2D eigenvalue weighted by atomic mass is 10.4. The summed E-state index contributed by atoms with van der Waals surface area (Å²) in [7, 11) is 2.22. The van der Waals surface area contributed by atoms with E-state index < -0.39 is 0 Å². The van der Waals surface area contributed by atoms with Gasteiger partial charge in [-0.15, -0.1) is 0 Å². The Hall–Kier alpha value is -0.720. The van der Waals surface area contributed by atoms with E-state index in [1.807, 2.05) is 4.90 Å². The predicted octanol–water partition coefficient (Wildman–Crippen LogP) is -2.92. The van der Waals surface area contributed by atoms with Gasteiger partial charge in [0.15, 0.2) is 0 Å². The number of rotatable bonds is 2. The molecule has 0 radical (unpaired) electrons. The molecule has 2 fully saturated rings. The number of halogens is 1. The summed E-state index contributed by atoms with van der Waals surface area (Å²) in [5.74, 6) is 6.53. The molecular formula is C11H17ClN2O. The van der Waals surface area contributed by atoms with Gasteiger partial charge >= 0.3 is 0 Å². The van der Waals surface area contributed by atoms with Gasteiger partial charge in [0.05, 0.1) is 13.6 Å². The van der Waals surface area contributed by atoms with Crippen molar-refractivity contribution < 1.29 is 21.7 Å². The fraction of sp³-hybridized carbons (Fsp3) is 0.727. The van der Waals surface area contributed by atoms with Gasteiger partial charge in [0.1, 0.15) is 19.6 Å². The van der Waals surface area contributed by atoms with E-state index in [1.165, 1.54) is 13.1 Å². The average Bonchev–Trinajstić information content (AvgIpc) is 2.74. The number of quaternary nitrogens is 1. The van der Waals surface area contributed by atoms with Gasteiger partial charge in [-0.3, -0.25) is 4.79 Å². The van der Waals surface area contributed by atoms with E-state index in [-0.39, 0.29) is 18.3 Å². The normalized spacial score (nSPS) is 21.7. The summed E-state index contributed by atoms with van der Waals surface area (Å²) in [6, 6.07) is 0. The van der Waals surface area contributed by atoms with Crippen molar-refractivity contribution in [3.05, 3.63) is 0 Å². The first kappa shape index (κ1) is 12.4. The van der Waals surface area contributed by atoms with Crippen LogP contribution < -0.4 is 12.4 Å². The molecular weight excluding hydrogens is 212 g/mol. The fourth-order valence-corrected chi connectivity index (χ4v) is 1.60. The number of likely N-dealkylation sites (tertiary alicyclic amines) is 1. The van der Waals surface area contributed by atoms with E-state index in [2.05, 4.69) is 18.9 Å². The Kier molecular flexibility index (Phi) is 4.01. The molecule has 0 aromatic carbocycles. The minimum atomic E-state index is 0. The molecule has 0 spiro atoms. The molecule has 84 valence electrons. The number of amides is 1. The summed E-state index contributed by atoms with van der Waals surface area (Å²) < 4.78 is 1.10. The van der Waals surface area contributed by atoms with Gasteiger partial charge in [0, 0.05) is 13.0 Å². The number of carbonyl (C=O) groups is 1. The monoisotopic (exact) mass is 228 g/mol. The van der Waals surface area contributed by atoms with Crippen molar-refractivity contribution in [2.24, 2.45) is 0 Å². The molecule has 0 bridgehead atoms. The Morgan fingerprint density at radius 1 is 1.40 bits per heavy atom. The molecule has 15 heavy (non-hydrogen) atoms. The maximum atomic E-state index is 11.2. The van der Waals surface area contributed by atoms with Crippen LogP contribution in [0.4, 0.5) is 0 Å². The van der Waals surface area contributed by atoms with Gasteiger partial charge in [-0.1, -0.05) is 5.92 Å². The first-order valence-electron chi connectivity index (χ1n) is 5.27. The lowest BCUT2D eigenvalue weighted by Gasteiger charge is -2.10. The van der Waals surface area contributed by atoms with Crippen molar-refractivity contribution in [3.63, 3.8) is 0 Å². The van der Waals surface area contributed by atoms with Gasteiger partial charge in [-0.25, -0.2) is 0 Å². The van der Waals surface area contributed by atoms with Crippen molar-refractivity contribution in [2.75, 3.05) is 39.8 Å². The van der Waals surface area contributed by atoms with Crippen LogP contribution in [-0.4, -0.2) is 55.1 Å². The molecule has 2 aliphatic rings. The molecule has 0 aromatic heterocycles. The van der Waals surface area contributed by atoms with Crippen LogP contribution in [0.2, 0.25) is 0 Å². The molecule has 0 aliphatic carbocycles. The van der Waals surface area contributed by atoms with Crippen LogP contribution in [0.15, 0.2) is 0 Å². The highest BCUT2D eigenvalue weighted by Crippen LogP contribution is 2.14. The minimum Gasteiger partial charge on any atom is -1.00 e. The maximum absolute atomic E-state index is 11.2. The molecule has 1 amide bonds. The third-order valence-corrected chi connectivity index (χ3v) is 3.01. The third-order valence-electron chi connectivity index (χ3n) is 3.01. The van der Waals surface area contributed by atoms with Crippen molar-refractivity contribution in [1.29, 1.82) is 0 Å². The highest BCUT2D eigenvalue weighted by atomic mass is 35.5. The van der Waals surface area contributed by atoms with E-state index >= 15 is 0 Å². The Balaban J connectivity index is 0.00000112. The number of nitrogens with zero attached hydrogens (tertiary/aromatic N) is 2. The second kappa shape index (κ2) is 4.87. The lowest BCUT2D eigenvalue weighted by Crippen LogP contribution is -3.00. The van der Waals surface area contributed by atoms with Crippen molar-refractivity contribution in [1.82, 2.24) is 4.90 Å². The van der Waals surface area contributed by atoms with Gasteiger partial charge in [0.2, 0.25) is 5.91 Å². The zero-order valence-corrected chi connectivity index (χ0v) is 9.89. The van der Waals surface area contributed by atoms with E-state index in [0.29, 0.717) is 6.54 Å². The van der Waals surface area contributed by atoms with Gasteiger partial charge in [0.25, 0.3) is 0 Å². The van der Waals surface area contributed by atoms with Crippen LogP contribution in [0.1, 0.15) is 12.8 Å². The number of likely N-dealkylation sites (N-methyl/N-ethyl adjacent to an activating group) is 1. The summed E-state index contributed by atoms with van der Waals surface area (Å²) >= 11 is 0. The van der Waals surface area contributed by atoms with Crippen LogP contribution in [0.5, 0.6) is 0 Å². The van der Waals surface area contributed by atoms with Crippen molar-refractivity contribution in [2.45, 2.75) is 12.8 Å². The molecule has 2 saturated heterocycles. The van der Waals surface area contributed by atoms with E-state index in [4.69, 9.17) is 0 Å². The Bertz CT molecular complexity index is 301. The Morgan fingerprint density at radius 3 is 2.67 bits per heavy atom. The van der Waals surface area contributed by atoms with E-state index in [1.54, 1.807) is 0 Å². The van der Waals surface area contributed by atoms with Gasteiger partial charge < -0.3 is 21.8 Å². The topological polar surface area (TPSA) is 20.3 Å². The molecule has 2 heterocycles. The number of hydrogen-bond acceptors (Lipinski definition) is 1. The maximum Gasteiger partial charge on any atom is 0.223 e. The van der Waals surface area contributed by atoms with Crippen LogP contribution >= 0.6 is 0 Å². The lowest BCUT2D eigenvalue weighted by molar-refractivity contribution is -0.768. The van der Waals surface area contributed by atoms with Crippen LogP contribution in [0.3, 0.4) is 0 Å². The molecule has 0 saturated carbocycles. The zero-order chi connectivity index (χ0) is 10.0. The van der Waals surface area contributed by atoms with E-state index in [9.17, 15) is 4.79 Å². The number of carbonyl (C=O) groups excluding carboxylic acids is 1. The molecule has 2 rings (SSSR count). The third kappa shape index (κ3) is 3.40. The van der Waals surface area contributed by atoms with Gasteiger partial charge in [-0.2, -0.15) is 0 Å². The summed E-state index contributed by atoms with van der Waals surface area (Å²) in [6.45, 7) is 5.01. The quantitative estimate of drug-likeness (QED) is 0.282. The second-order valence-electron chi connectivity index (χ2n) is 4.50. The first-order valence-corrected chi connectivity index (χ1v) is 5.27.